The standard InChI is InChI=1S/C16H12FNO2/c17-12-3-1-2-11(7-12)14-8-16(20)13-5-4-10(9-19)6-15(13)18-14/h1-8,19H,9H2,(H,18,20). The molecule has 0 bridgehead atoms. The van der Waals surface area contributed by atoms with E-state index in [2.05, 4.69) is 4.98 Å². The van der Waals surface area contributed by atoms with E-state index in [-0.39, 0.29) is 17.9 Å². The van der Waals surface area contributed by atoms with Gasteiger partial charge in [0.1, 0.15) is 5.82 Å². The van der Waals surface area contributed by atoms with E-state index in [9.17, 15) is 9.18 Å². The third-order valence-electron chi connectivity index (χ3n) is 3.21. The molecule has 0 saturated carbocycles. The first-order valence-electron chi connectivity index (χ1n) is 6.20. The molecule has 0 atom stereocenters. The predicted molar refractivity (Wildman–Crippen MR) is 75.9 cm³/mol. The van der Waals surface area contributed by atoms with Crippen LogP contribution in [0.15, 0.2) is 53.3 Å². The van der Waals surface area contributed by atoms with E-state index in [4.69, 9.17) is 5.11 Å². The molecule has 2 N–H and O–H groups in total. The average molecular weight is 269 g/mol. The Hall–Kier alpha value is -2.46. The number of pyridine rings is 1. The highest BCUT2D eigenvalue weighted by Crippen LogP contribution is 2.20. The average Bonchev–Trinajstić information content (AvgIpc) is 2.46. The van der Waals surface area contributed by atoms with Crippen molar-refractivity contribution in [3.05, 3.63) is 70.1 Å². The third kappa shape index (κ3) is 2.21. The number of aromatic amines is 1. The van der Waals surface area contributed by atoms with E-state index in [1.807, 2.05) is 0 Å². The van der Waals surface area contributed by atoms with Gasteiger partial charge in [-0.2, -0.15) is 0 Å². The van der Waals surface area contributed by atoms with E-state index in [0.29, 0.717) is 27.7 Å². The lowest BCUT2D eigenvalue weighted by molar-refractivity contribution is 0.282. The van der Waals surface area contributed by atoms with E-state index < -0.39 is 0 Å². The first-order valence-corrected chi connectivity index (χ1v) is 6.20. The van der Waals surface area contributed by atoms with Crippen molar-refractivity contribution in [2.75, 3.05) is 0 Å². The summed E-state index contributed by atoms with van der Waals surface area (Å²) in [5, 5.41) is 9.69. The predicted octanol–water partition coefficient (Wildman–Crippen LogP) is 2.83. The second-order valence-electron chi connectivity index (χ2n) is 4.60. The molecule has 3 rings (SSSR count). The minimum atomic E-state index is -0.354. The van der Waals surface area contributed by atoms with Gasteiger partial charge in [0, 0.05) is 22.7 Å². The molecule has 0 unspecified atom stereocenters. The zero-order valence-corrected chi connectivity index (χ0v) is 10.6. The molecule has 0 aliphatic carbocycles. The highest BCUT2D eigenvalue weighted by atomic mass is 19.1. The van der Waals surface area contributed by atoms with Gasteiger partial charge in [0.25, 0.3) is 0 Å². The fourth-order valence-corrected chi connectivity index (χ4v) is 2.21. The summed E-state index contributed by atoms with van der Waals surface area (Å²) in [5.74, 6) is -0.354. The van der Waals surface area contributed by atoms with Gasteiger partial charge >= 0.3 is 0 Å². The summed E-state index contributed by atoms with van der Waals surface area (Å²) in [7, 11) is 0. The van der Waals surface area contributed by atoms with Crippen molar-refractivity contribution in [2.24, 2.45) is 0 Å². The van der Waals surface area contributed by atoms with Crippen LogP contribution >= 0.6 is 0 Å². The van der Waals surface area contributed by atoms with E-state index in [0.717, 1.165) is 0 Å². The number of aliphatic hydroxyl groups excluding tert-OH is 1. The second kappa shape index (κ2) is 4.90. The topological polar surface area (TPSA) is 53.1 Å². The SMILES string of the molecule is O=c1cc(-c2cccc(F)c2)[nH]c2cc(CO)ccc12. The van der Waals surface area contributed by atoms with Crippen LogP contribution in [-0.4, -0.2) is 10.1 Å². The van der Waals surface area contributed by atoms with Gasteiger partial charge in [0.2, 0.25) is 0 Å². The first kappa shape index (κ1) is 12.6. The van der Waals surface area contributed by atoms with Gasteiger partial charge in [-0.1, -0.05) is 18.2 Å². The Morgan fingerprint density at radius 2 is 1.95 bits per heavy atom. The molecule has 1 heterocycles. The van der Waals surface area contributed by atoms with Gasteiger partial charge in [-0.05, 0) is 29.8 Å². The second-order valence-corrected chi connectivity index (χ2v) is 4.60. The molecular weight excluding hydrogens is 257 g/mol. The van der Waals surface area contributed by atoms with Crippen molar-refractivity contribution in [1.82, 2.24) is 4.98 Å². The number of rotatable bonds is 2. The Kier molecular flexibility index (Phi) is 3.08. The van der Waals surface area contributed by atoms with Crippen LogP contribution in [0.5, 0.6) is 0 Å². The van der Waals surface area contributed by atoms with Crippen molar-refractivity contribution in [1.29, 1.82) is 0 Å². The third-order valence-corrected chi connectivity index (χ3v) is 3.21. The smallest absolute Gasteiger partial charge is 0.190 e. The zero-order valence-electron chi connectivity index (χ0n) is 10.6. The summed E-state index contributed by atoms with van der Waals surface area (Å²) in [6.07, 6.45) is 0. The van der Waals surface area contributed by atoms with Crippen LogP contribution in [0.2, 0.25) is 0 Å². The number of aliphatic hydroxyl groups is 1. The molecule has 3 nitrogen and oxygen atoms in total. The molecule has 0 amide bonds. The lowest BCUT2D eigenvalue weighted by Crippen LogP contribution is -2.03. The monoisotopic (exact) mass is 269 g/mol. The lowest BCUT2D eigenvalue weighted by atomic mass is 10.1. The van der Waals surface area contributed by atoms with E-state index in [1.165, 1.54) is 18.2 Å². The Balaban J connectivity index is 2.25. The molecule has 0 fully saturated rings. The summed E-state index contributed by atoms with van der Waals surface area (Å²) < 4.78 is 13.3. The molecule has 0 aliphatic heterocycles. The number of hydrogen-bond donors (Lipinski definition) is 2. The molecule has 0 saturated heterocycles. The minimum Gasteiger partial charge on any atom is -0.392 e. The molecule has 0 spiro atoms. The van der Waals surface area contributed by atoms with Crippen molar-refractivity contribution in [3.8, 4) is 11.3 Å². The molecule has 3 aromatic rings. The Morgan fingerprint density at radius 1 is 1.10 bits per heavy atom. The number of halogens is 1. The van der Waals surface area contributed by atoms with E-state index in [1.54, 1.807) is 30.3 Å². The molecule has 20 heavy (non-hydrogen) atoms. The normalized spacial score (nSPS) is 10.9. The summed E-state index contributed by atoms with van der Waals surface area (Å²) in [6.45, 7) is -0.0951. The van der Waals surface area contributed by atoms with Gasteiger partial charge in [0.05, 0.1) is 12.1 Å². The maximum Gasteiger partial charge on any atom is 0.190 e. The van der Waals surface area contributed by atoms with Crippen LogP contribution in [-0.2, 0) is 6.61 Å². The summed E-state index contributed by atoms with van der Waals surface area (Å²) >= 11 is 0. The van der Waals surface area contributed by atoms with E-state index >= 15 is 0 Å². The van der Waals surface area contributed by atoms with Gasteiger partial charge in [0.15, 0.2) is 5.43 Å². The highest BCUT2D eigenvalue weighted by Gasteiger charge is 2.05. The summed E-state index contributed by atoms with van der Waals surface area (Å²) in [5.41, 5.74) is 2.37. The zero-order chi connectivity index (χ0) is 14.1. The summed E-state index contributed by atoms with van der Waals surface area (Å²) in [6, 6.07) is 12.6. The Labute approximate surface area is 114 Å². The number of H-pyrrole nitrogens is 1. The van der Waals surface area contributed by atoms with Crippen LogP contribution < -0.4 is 5.43 Å². The minimum absolute atomic E-state index is 0.0951. The lowest BCUT2D eigenvalue weighted by Gasteiger charge is -2.06. The van der Waals surface area contributed by atoms with Gasteiger partial charge in [-0.25, -0.2) is 4.39 Å². The van der Waals surface area contributed by atoms with Crippen molar-refractivity contribution >= 4 is 10.9 Å². The Morgan fingerprint density at radius 3 is 2.70 bits per heavy atom. The fraction of sp³-hybridized carbons (Fsp3) is 0.0625. The maximum atomic E-state index is 13.3. The highest BCUT2D eigenvalue weighted by molar-refractivity contribution is 5.82. The molecule has 100 valence electrons. The van der Waals surface area contributed by atoms with Crippen molar-refractivity contribution in [3.63, 3.8) is 0 Å². The molecule has 0 aliphatic rings. The molecule has 4 heteroatoms. The van der Waals surface area contributed by atoms with Crippen LogP contribution in [0.25, 0.3) is 22.2 Å². The number of fused-ring (bicyclic) bond motifs is 1. The van der Waals surface area contributed by atoms with Crippen molar-refractivity contribution in [2.45, 2.75) is 6.61 Å². The first-order chi connectivity index (χ1) is 9.67. The van der Waals surface area contributed by atoms with Crippen LogP contribution in [0, 0.1) is 5.82 Å². The number of benzene rings is 2. The number of hydrogen-bond acceptors (Lipinski definition) is 2. The van der Waals surface area contributed by atoms with Crippen LogP contribution in [0.1, 0.15) is 5.56 Å². The molecule has 1 aromatic heterocycles. The summed E-state index contributed by atoms with van der Waals surface area (Å²) in [4.78, 5) is 15.2. The van der Waals surface area contributed by atoms with Crippen molar-refractivity contribution < 1.29 is 9.50 Å². The molecule has 0 radical (unpaired) electrons. The number of nitrogens with one attached hydrogen (secondary N) is 1. The Bertz CT molecular complexity index is 839. The fourth-order valence-electron chi connectivity index (χ4n) is 2.21. The van der Waals surface area contributed by atoms with Gasteiger partial charge in [-0.15, -0.1) is 0 Å². The molecular formula is C16H12FNO2. The largest absolute Gasteiger partial charge is 0.392 e. The van der Waals surface area contributed by atoms with Crippen LogP contribution in [0.3, 0.4) is 0 Å². The van der Waals surface area contributed by atoms with Crippen LogP contribution in [0.4, 0.5) is 4.39 Å². The quantitative estimate of drug-likeness (QED) is 0.751. The maximum absolute atomic E-state index is 13.3. The number of aromatic nitrogens is 1. The van der Waals surface area contributed by atoms with Gasteiger partial charge in [-0.3, -0.25) is 4.79 Å². The van der Waals surface area contributed by atoms with Gasteiger partial charge < -0.3 is 10.1 Å². The molecule has 2 aromatic carbocycles.